The van der Waals surface area contributed by atoms with Crippen molar-refractivity contribution in [1.29, 1.82) is 0 Å². The molecule has 0 aromatic carbocycles. The Hall–Kier alpha value is -0.940. The van der Waals surface area contributed by atoms with Gasteiger partial charge in [0.15, 0.2) is 0 Å². The lowest BCUT2D eigenvalue weighted by atomic mass is 10.3. The molecule has 0 spiro atoms. The van der Waals surface area contributed by atoms with Gasteiger partial charge in [-0.2, -0.15) is 0 Å². The molecule has 2 N–H and O–H groups in total. The highest BCUT2D eigenvalue weighted by Gasteiger charge is 2.18. The largest absolute Gasteiger partial charge is 0.326 e. The maximum Gasteiger partial charge on any atom is 0.129 e. The minimum absolute atomic E-state index is 0.372. The fraction of sp³-hybridized carbons (Fsp3) is 0.778. The minimum Gasteiger partial charge on any atom is -0.326 e. The summed E-state index contributed by atoms with van der Waals surface area (Å²) in [5.41, 5.74) is 5.83. The van der Waals surface area contributed by atoms with Crippen molar-refractivity contribution >= 4 is 0 Å². The third-order valence-corrected chi connectivity index (χ3v) is 2.78. The molecule has 1 aliphatic rings. The van der Waals surface area contributed by atoms with Crippen LogP contribution in [-0.4, -0.2) is 45.3 Å². The molecule has 1 atom stereocenters. The first kappa shape index (κ1) is 9.61. The van der Waals surface area contributed by atoms with Gasteiger partial charge in [-0.3, -0.25) is 4.90 Å². The predicted octanol–water partition coefficient (Wildman–Crippen LogP) is -0.380. The number of hydrogen-bond donors (Lipinski definition) is 1. The van der Waals surface area contributed by atoms with Crippen molar-refractivity contribution in [2.75, 3.05) is 19.6 Å². The smallest absolute Gasteiger partial charge is 0.129 e. The monoisotopic (exact) mass is 195 g/mol. The van der Waals surface area contributed by atoms with Crippen molar-refractivity contribution in [3.63, 3.8) is 0 Å². The molecule has 1 aliphatic heterocycles. The van der Waals surface area contributed by atoms with Crippen LogP contribution in [0, 0.1) is 6.92 Å². The number of aryl methyl sites for hydroxylation is 1. The summed E-state index contributed by atoms with van der Waals surface area (Å²) < 4.78 is 2.07. The van der Waals surface area contributed by atoms with E-state index in [9.17, 15) is 0 Å². The summed E-state index contributed by atoms with van der Waals surface area (Å²) in [4.78, 5) is 2.39. The zero-order valence-electron chi connectivity index (χ0n) is 8.56. The summed E-state index contributed by atoms with van der Waals surface area (Å²) in [7, 11) is 0. The van der Waals surface area contributed by atoms with E-state index in [0.29, 0.717) is 6.04 Å². The second kappa shape index (κ2) is 4.06. The normalized spacial score (nSPS) is 23.1. The Morgan fingerprint density at radius 3 is 3.00 bits per heavy atom. The van der Waals surface area contributed by atoms with Crippen LogP contribution >= 0.6 is 0 Å². The Balaban J connectivity index is 1.80. The Morgan fingerprint density at radius 1 is 1.57 bits per heavy atom. The summed E-state index contributed by atoms with van der Waals surface area (Å²) in [6.07, 6.45) is 2.91. The van der Waals surface area contributed by atoms with Crippen LogP contribution in [0.5, 0.6) is 0 Å². The van der Waals surface area contributed by atoms with Gasteiger partial charge in [-0.05, 0) is 19.9 Å². The molecule has 2 rings (SSSR count). The van der Waals surface area contributed by atoms with Crippen molar-refractivity contribution in [3.05, 3.63) is 12.2 Å². The molecule has 1 fully saturated rings. The number of likely N-dealkylation sites (tertiary alicyclic amines) is 1. The Labute approximate surface area is 83.9 Å². The molecular weight excluding hydrogens is 178 g/mol. The summed E-state index contributed by atoms with van der Waals surface area (Å²) in [6.45, 7) is 6.14. The molecule has 0 saturated carbocycles. The maximum absolute atomic E-state index is 5.83. The SMILES string of the molecule is Cc1nncn1CCN1CCC(N)C1. The molecule has 0 amide bonds. The van der Waals surface area contributed by atoms with Gasteiger partial charge in [0.1, 0.15) is 12.2 Å². The van der Waals surface area contributed by atoms with Gasteiger partial charge < -0.3 is 10.3 Å². The summed E-state index contributed by atoms with van der Waals surface area (Å²) in [5, 5.41) is 7.80. The molecular formula is C9H17N5. The zero-order chi connectivity index (χ0) is 9.97. The first-order valence-corrected chi connectivity index (χ1v) is 5.08. The number of hydrogen-bond acceptors (Lipinski definition) is 4. The van der Waals surface area contributed by atoms with Crippen molar-refractivity contribution < 1.29 is 0 Å². The Bertz CT molecular complexity index is 295. The van der Waals surface area contributed by atoms with Crippen LogP contribution in [0.2, 0.25) is 0 Å². The molecule has 1 saturated heterocycles. The second-order valence-electron chi connectivity index (χ2n) is 3.92. The topological polar surface area (TPSA) is 60.0 Å². The van der Waals surface area contributed by atoms with Gasteiger partial charge in [-0.15, -0.1) is 10.2 Å². The molecule has 1 aromatic rings. The Morgan fingerprint density at radius 2 is 2.43 bits per heavy atom. The van der Waals surface area contributed by atoms with Crippen molar-refractivity contribution in [1.82, 2.24) is 19.7 Å². The quantitative estimate of drug-likeness (QED) is 0.714. The van der Waals surface area contributed by atoms with Gasteiger partial charge in [0, 0.05) is 25.7 Å². The van der Waals surface area contributed by atoms with Gasteiger partial charge in [0.25, 0.3) is 0 Å². The standard InChI is InChI=1S/C9H17N5/c1-8-12-11-7-14(8)5-4-13-3-2-9(10)6-13/h7,9H,2-6,10H2,1H3. The first-order valence-electron chi connectivity index (χ1n) is 5.08. The van der Waals surface area contributed by atoms with E-state index in [1.54, 1.807) is 6.33 Å². The number of aromatic nitrogens is 3. The molecule has 5 heteroatoms. The van der Waals surface area contributed by atoms with Crippen LogP contribution in [0.4, 0.5) is 0 Å². The van der Waals surface area contributed by atoms with E-state index in [-0.39, 0.29) is 0 Å². The van der Waals surface area contributed by atoms with Crippen LogP contribution in [0.25, 0.3) is 0 Å². The van der Waals surface area contributed by atoms with Crippen LogP contribution in [-0.2, 0) is 6.54 Å². The van der Waals surface area contributed by atoms with Crippen molar-refractivity contribution in [2.45, 2.75) is 25.9 Å². The van der Waals surface area contributed by atoms with Gasteiger partial charge in [0.05, 0.1) is 0 Å². The van der Waals surface area contributed by atoms with Crippen molar-refractivity contribution in [2.24, 2.45) is 5.73 Å². The van der Waals surface area contributed by atoms with Crippen LogP contribution in [0.3, 0.4) is 0 Å². The van der Waals surface area contributed by atoms with Gasteiger partial charge >= 0.3 is 0 Å². The predicted molar refractivity (Wildman–Crippen MR) is 53.8 cm³/mol. The number of nitrogens with zero attached hydrogens (tertiary/aromatic N) is 4. The van der Waals surface area contributed by atoms with E-state index in [1.807, 2.05) is 6.92 Å². The highest BCUT2D eigenvalue weighted by Crippen LogP contribution is 2.06. The lowest BCUT2D eigenvalue weighted by Crippen LogP contribution is -2.29. The fourth-order valence-electron chi connectivity index (χ4n) is 1.85. The van der Waals surface area contributed by atoms with E-state index < -0.39 is 0 Å². The van der Waals surface area contributed by atoms with Crippen LogP contribution < -0.4 is 5.73 Å². The van der Waals surface area contributed by atoms with Crippen LogP contribution in [0.15, 0.2) is 6.33 Å². The molecule has 5 nitrogen and oxygen atoms in total. The third-order valence-electron chi connectivity index (χ3n) is 2.78. The van der Waals surface area contributed by atoms with Gasteiger partial charge in [-0.25, -0.2) is 0 Å². The van der Waals surface area contributed by atoms with E-state index in [0.717, 1.165) is 38.4 Å². The molecule has 0 radical (unpaired) electrons. The highest BCUT2D eigenvalue weighted by atomic mass is 15.3. The second-order valence-corrected chi connectivity index (χ2v) is 3.92. The van der Waals surface area contributed by atoms with Crippen molar-refractivity contribution in [3.8, 4) is 0 Å². The molecule has 0 bridgehead atoms. The highest BCUT2D eigenvalue weighted by molar-refractivity contribution is 4.82. The first-order chi connectivity index (χ1) is 6.75. The molecule has 0 aliphatic carbocycles. The van der Waals surface area contributed by atoms with E-state index in [4.69, 9.17) is 5.73 Å². The van der Waals surface area contributed by atoms with E-state index in [1.165, 1.54) is 0 Å². The molecule has 78 valence electrons. The maximum atomic E-state index is 5.83. The zero-order valence-corrected chi connectivity index (χ0v) is 8.56. The summed E-state index contributed by atoms with van der Waals surface area (Å²) in [6, 6.07) is 0.372. The number of nitrogens with two attached hydrogens (primary N) is 1. The minimum atomic E-state index is 0.372. The molecule has 14 heavy (non-hydrogen) atoms. The Kier molecular flexibility index (Phi) is 2.79. The third kappa shape index (κ3) is 2.10. The average Bonchev–Trinajstić information content (AvgIpc) is 2.72. The molecule has 1 aromatic heterocycles. The lowest BCUT2D eigenvalue weighted by Gasteiger charge is -2.15. The summed E-state index contributed by atoms with van der Waals surface area (Å²) in [5.74, 6) is 0.980. The van der Waals surface area contributed by atoms with E-state index in [2.05, 4.69) is 19.7 Å². The van der Waals surface area contributed by atoms with Gasteiger partial charge in [-0.1, -0.05) is 0 Å². The molecule has 1 unspecified atom stereocenters. The van der Waals surface area contributed by atoms with Gasteiger partial charge in [0.2, 0.25) is 0 Å². The molecule has 2 heterocycles. The van der Waals surface area contributed by atoms with Crippen LogP contribution in [0.1, 0.15) is 12.2 Å². The fourth-order valence-corrected chi connectivity index (χ4v) is 1.85. The lowest BCUT2D eigenvalue weighted by molar-refractivity contribution is 0.317. The van der Waals surface area contributed by atoms with E-state index >= 15 is 0 Å². The number of rotatable bonds is 3. The summed E-state index contributed by atoms with van der Waals surface area (Å²) >= 11 is 0. The average molecular weight is 195 g/mol.